The van der Waals surface area contributed by atoms with Gasteiger partial charge in [0.05, 0.1) is 24.9 Å². The number of primary amides is 1. The average molecular weight is 525 g/mol. The largest absolute Gasteiger partial charge is 0.494 e. The molecule has 2 N–H and O–H groups in total. The molecule has 1 aliphatic rings. The number of imidazole rings is 1. The summed E-state index contributed by atoms with van der Waals surface area (Å²) in [4.78, 5) is 36.6. The Morgan fingerprint density at radius 1 is 1.13 bits per heavy atom. The van der Waals surface area contributed by atoms with Crippen LogP contribution in [0.15, 0.2) is 60.8 Å². The van der Waals surface area contributed by atoms with Gasteiger partial charge in [-0.15, -0.1) is 0 Å². The summed E-state index contributed by atoms with van der Waals surface area (Å²) in [7, 11) is 3.52. The highest BCUT2D eigenvalue weighted by atomic mass is 16.6. The summed E-state index contributed by atoms with van der Waals surface area (Å²) in [6, 6.07) is 17.1. The number of aryl methyl sites for hydroxylation is 2. The van der Waals surface area contributed by atoms with Crippen LogP contribution in [-0.4, -0.2) is 50.9 Å². The fourth-order valence-electron chi connectivity index (χ4n) is 5.56. The summed E-state index contributed by atoms with van der Waals surface area (Å²) in [6.45, 7) is 2.99. The summed E-state index contributed by atoms with van der Waals surface area (Å²) in [6.07, 6.45) is 0.856. The van der Waals surface area contributed by atoms with Crippen LogP contribution < -0.4 is 15.4 Å². The van der Waals surface area contributed by atoms with E-state index in [-0.39, 0.29) is 12.5 Å². The molecular formula is C29H28N6O4. The van der Waals surface area contributed by atoms with Crippen LogP contribution in [0.3, 0.4) is 0 Å². The van der Waals surface area contributed by atoms with Gasteiger partial charge in [0, 0.05) is 42.8 Å². The smallest absolute Gasteiger partial charge is 0.404 e. The Hall–Kier alpha value is -4.86. The summed E-state index contributed by atoms with van der Waals surface area (Å²) >= 11 is 0. The first-order valence-electron chi connectivity index (χ1n) is 12.7. The Labute approximate surface area is 224 Å². The number of hydrogen-bond donors (Lipinski definition) is 1. The van der Waals surface area contributed by atoms with E-state index in [1.807, 2.05) is 48.0 Å². The van der Waals surface area contributed by atoms with Crippen LogP contribution in [0.2, 0.25) is 0 Å². The molecule has 6 rings (SSSR count). The second kappa shape index (κ2) is 9.46. The molecule has 10 heteroatoms. The zero-order chi connectivity index (χ0) is 27.3. The third-order valence-electron chi connectivity index (χ3n) is 7.25. The predicted molar refractivity (Wildman–Crippen MR) is 148 cm³/mol. The summed E-state index contributed by atoms with van der Waals surface area (Å²) in [5, 5.41) is 1.03. The number of amides is 2. The summed E-state index contributed by atoms with van der Waals surface area (Å²) in [5.74, 6) is 1.02. The number of hydrogen-bond acceptors (Lipinski definition) is 6. The number of benzene rings is 2. The molecule has 198 valence electrons. The number of anilines is 1. The molecule has 0 aliphatic carbocycles. The number of carbonyl (C=O) groups excluding carboxylic acids is 2. The van der Waals surface area contributed by atoms with Crippen molar-refractivity contribution in [3.05, 3.63) is 71.9 Å². The van der Waals surface area contributed by atoms with E-state index >= 15 is 0 Å². The maximum absolute atomic E-state index is 13.9. The summed E-state index contributed by atoms with van der Waals surface area (Å²) < 4.78 is 15.2. The minimum Gasteiger partial charge on any atom is -0.494 e. The van der Waals surface area contributed by atoms with Gasteiger partial charge >= 0.3 is 6.09 Å². The van der Waals surface area contributed by atoms with Crippen LogP contribution in [-0.2, 0) is 24.8 Å². The monoisotopic (exact) mass is 524 g/mol. The number of nitrogens with two attached hydrogens (primary N) is 1. The normalized spacial score (nSPS) is 14.9. The van der Waals surface area contributed by atoms with Crippen molar-refractivity contribution < 1.29 is 19.1 Å². The number of ether oxygens (including phenoxy) is 2. The van der Waals surface area contributed by atoms with Gasteiger partial charge in [0.1, 0.15) is 23.0 Å². The Balaban J connectivity index is 1.46. The minimum atomic E-state index is -0.865. The molecule has 0 saturated carbocycles. The lowest BCUT2D eigenvalue weighted by Crippen LogP contribution is -2.44. The van der Waals surface area contributed by atoms with E-state index in [0.717, 1.165) is 45.9 Å². The molecule has 2 aromatic carbocycles. The molecule has 0 radical (unpaired) electrons. The number of carbonyl (C=O) groups is 2. The fraction of sp³-hybridized carbons (Fsp3) is 0.241. The number of rotatable bonds is 5. The average Bonchev–Trinajstić information content (AvgIpc) is 3.48. The van der Waals surface area contributed by atoms with Crippen molar-refractivity contribution in [2.45, 2.75) is 26.0 Å². The molecule has 1 aliphatic heterocycles. The van der Waals surface area contributed by atoms with Gasteiger partial charge in [0.25, 0.3) is 5.91 Å². The third-order valence-corrected chi connectivity index (χ3v) is 7.25. The zero-order valence-electron chi connectivity index (χ0n) is 21.9. The van der Waals surface area contributed by atoms with Gasteiger partial charge in [-0.2, -0.15) is 0 Å². The molecule has 4 heterocycles. The predicted octanol–water partition coefficient (Wildman–Crippen LogP) is 4.29. The van der Waals surface area contributed by atoms with E-state index in [9.17, 15) is 9.59 Å². The number of methoxy groups -OCH3 is 1. The number of fused-ring (bicyclic) bond motifs is 3. The van der Waals surface area contributed by atoms with E-state index in [1.165, 1.54) is 0 Å². The van der Waals surface area contributed by atoms with Crippen LogP contribution in [0.1, 0.15) is 22.8 Å². The highest BCUT2D eigenvalue weighted by molar-refractivity contribution is 6.09. The van der Waals surface area contributed by atoms with Crippen molar-refractivity contribution in [3.8, 4) is 17.3 Å². The fourth-order valence-corrected chi connectivity index (χ4v) is 5.56. The molecular weight excluding hydrogens is 496 g/mol. The quantitative estimate of drug-likeness (QED) is 0.367. The van der Waals surface area contributed by atoms with Gasteiger partial charge in [0.2, 0.25) is 0 Å². The van der Waals surface area contributed by atoms with Crippen molar-refractivity contribution in [2.24, 2.45) is 12.8 Å². The van der Waals surface area contributed by atoms with Crippen molar-refractivity contribution >= 4 is 39.8 Å². The molecule has 5 aromatic rings. The van der Waals surface area contributed by atoms with Gasteiger partial charge < -0.3 is 29.2 Å². The van der Waals surface area contributed by atoms with Crippen LogP contribution in [0.25, 0.3) is 33.6 Å². The molecule has 0 saturated heterocycles. The van der Waals surface area contributed by atoms with Crippen LogP contribution in [0.4, 0.5) is 10.5 Å². The molecule has 39 heavy (non-hydrogen) atoms. The number of para-hydroxylation sites is 1. The van der Waals surface area contributed by atoms with E-state index in [0.29, 0.717) is 23.3 Å². The first kappa shape index (κ1) is 24.5. The van der Waals surface area contributed by atoms with Gasteiger partial charge in [-0.3, -0.25) is 4.79 Å². The van der Waals surface area contributed by atoms with E-state index < -0.39 is 12.2 Å². The number of pyridine rings is 1. The van der Waals surface area contributed by atoms with Crippen molar-refractivity contribution in [1.82, 2.24) is 19.1 Å². The van der Waals surface area contributed by atoms with Crippen LogP contribution in [0.5, 0.6) is 5.75 Å². The van der Waals surface area contributed by atoms with Gasteiger partial charge in [-0.25, -0.2) is 14.8 Å². The van der Waals surface area contributed by atoms with Crippen molar-refractivity contribution in [3.63, 3.8) is 0 Å². The molecule has 0 fully saturated rings. The standard InChI is InChI=1S/C29H28N6O4/c1-4-34-23(14-18-9-7-11-31-26(18)34)27-32-21-13-19(15-24(38-3)25(21)33(27)2)28(36)35-16-20(39-29(30)37)12-17-8-5-6-10-22(17)35/h5-11,13-15,20H,4,12,16H2,1-3H3,(H2,30,37). The highest BCUT2D eigenvalue weighted by Gasteiger charge is 2.32. The molecule has 2 amide bonds. The van der Waals surface area contributed by atoms with Crippen molar-refractivity contribution in [1.29, 1.82) is 0 Å². The lowest BCUT2D eigenvalue weighted by molar-refractivity contribution is 0.0895. The molecule has 10 nitrogen and oxygen atoms in total. The maximum atomic E-state index is 13.9. The lowest BCUT2D eigenvalue weighted by Gasteiger charge is -2.34. The molecule has 1 atom stereocenters. The van der Waals surface area contributed by atoms with Crippen LogP contribution >= 0.6 is 0 Å². The second-order valence-electron chi connectivity index (χ2n) is 9.54. The summed E-state index contributed by atoms with van der Waals surface area (Å²) in [5.41, 5.74) is 10.6. The first-order chi connectivity index (χ1) is 18.9. The van der Waals surface area contributed by atoms with E-state index in [2.05, 4.69) is 22.5 Å². The molecule has 0 bridgehead atoms. The van der Waals surface area contributed by atoms with E-state index in [1.54, 1.807) is 30.3 Å². The number of nitrogens with zero attached hydrogens (tertiary/aromatic N) is 5. The van der Waals surface area contributed by atoms with Crippen molar-refractivity contribution in [2.75, 3.05) is 18.6 Å². The lowest BCUT2D eigenvalue weighted by atomic mass is 9.98. The van der Waals surface area contributed by atoms with Crippen LogP contribution in [0, 0.1) is 0 Å². The van der Waals surface area contributed by atoms with Gasteiger partial charge in [-0.1, -0.05) is 18.2 Å². The Morgan fingerprint density at radius 3 is 2.72 bits per heavy atom. The second-order valence-corrected chi connectivity index (χ2v) is 9.54. The topological polar surface area (TPSA) is 117 Å². The zero-order valence-corrected chi connectivity index (χ0v) is 21.9. The van der Waals surface area contributed by atoms with Gasteiger partial charge in [-0.05, 0) is 48.9 Å². The molecule has 0 spiro atoms. The maximum Gasteiger partial charge on any atom is 0.404 e. The Morgan fingerprint density at radius 2 is 1.95 bits per heavy atom. The molecule has 3 aromatic heterocycles. The SMILES string of the molecule is CCn1c(-c2nc3cc(C(=O)N4CC(OC(N)=O)Cc5ccccc54)cc(OC)c3n2C)cc2cccnc21. The highest BCUT2D eigenvalue weighted by Crippen LogP contribution is 2.35. The molecule has 1 unspecified atom stereocenters. The third kappa shape index (κ3) is 4.04. The van der Waals surface area contributed by atoms with Gasteiger partial charge in [0.15, 0.2) is 5.82 Å². The Kier molecular flexibility index (Phi) is 5.94. The minimum absolute atomic E-state index is 0.191. The first-order valence-corrected chi connectivity index (χ1v) is 12.7. The number of aromatic nitrogens is 4. The Bertz CT molecular complexity index is 1750. The van der Waals surface area contributed by atoms with E-state index in [4.69, 9.17) is 20.2 Å².